The van der Waals surface area contributed by atoms with Crippen LogP contribution < -0.4 is 5.46 Å². The van der Waals surface area contributed by atoms with Gasteiger partial charge in [0.1, 0.15) is 17.0 Å². The smallest absolute Gasteiger partial charge is 0.456 e. The lowest BCUT2D eigenvalue weighted by Gasteiger charge is -2.32. The highest BCUT2D eigenvalue weighted by Crippen LogP contribution is 2.38. The van der Waals surface area contributed by atoms with Gasteiger partial charge in [0.15, 0.2) is 0 Å². The number of rotatable bonds is 1. The van der Waals surface area contributed by atoms with Gasteiger partial charge >= 0.3 is 7.12 Å². The Kier molecular flexibility index (Phi) is 3.38. The van der Waals surface area contributed by atoms with Gasteiger partial charge in [-0.05, 0) is 59.2 Å². The van der Waals surface area contributed by atoms with E-state index in [1.165, 1.54) is 6.07 Å². The average Bonchev–Trinajstić information content (AvgIpc) is 2.93. The second kappa shape index (κ2) is 5.09. The van der Waals surface area contributed by atoms with E-state index in [0.717, 1.165) is 21.8 Å². The highest BCUT2D eigenvalue weighted by Gasteiger charge is 2.52. The molecular weight excluding hydrogens is 318 g/mol. The molecule has 0 amide bonds. The molecule has 1 saturated heterocycles. The second-order valence-electron chi connectivity index (χ2n) is 8.02. The maximum absolute atomic E-state index is 14.0. The summed E-state index contributed by atoms with van der Waals surface area (Å²) in [5.74, 6) is -0.263. The van der Waals surface area contributed by atoms with E-state index < -0.39 is 18.3 Å². The maximum Gasteiger partial charge on any atom is 0.498 e. The summed E-state index contributed by atoms with van der Waals surface area (Å²) in [6.45, 7) is 11.9. The predicted octanol–water partition coefficient (Wildman–Crippen LogP) is 4.64. The zero-order chi connectivity index (χ0) is 18.1. The first-order chi connectivity index (χ1) is 11.6. The zero-order valence-electron chi connectivity index (χ0n) is 15.5. The molecule has 1 aliphatic rings. The summed E-state index contributed by atoms with van der Waals surface area (Å²) in [5.41, 5.74) is 2.93. The summed E-state index contributed by atoms with van der Waals surface area (Å²) >= 11 is 0. The lowest BCUT2D eigenvalue weighted by atomic mass is 9.77. The first-order valence-electron chi connectivity index (χ1n) is 8.57. The monoisotopic (exact) mass is 340 g/mol. The van der Waals surface area contributed by atoms with E-state index in [4.69, 9.17) is 13.7 Å². The Morgan fingerprint density at radius 2 is 1.52 bits per heavy atom. The molecule has 0 aliphatic carbocycles. The van der Waals surface area contributed by atoms with Gasteiger partial charge in [-0.3, -0.25) is 0 Å². The Balaban J connectivity index is 1.96. The molecule has 4 rings (SSSR count). The molecule has 0 saturated carbocycles. The predicted molar refractivity (Wildman–Crippen MR) is 98.9 cm³/mol. The standard InChI is InChI=1S/C20H22BFO3/c1-11-7-14-13-9-12(2)16(22)10-17(13)23-18(14)15(8-11)21-24-19(3,4)20(5,6)25-21/h7-10H,1-6H3. The van der Waals surface area contributed by atoms with Crippen LogP contribution in [0, 0.1) is 19.7 Å². The summed E-state index contributed by atoms with van der Waals surface area (Å²) in [7, 11) is -0.515. The van der Waals surface area contributed by atoms with Crippen LogP contribution in [0.4, 0.5) is 4.39 Å². The van der Waals surface area contributed by atoms with Crippen molar-refractivity contribution in [1.29, 1.82) is 0 Å². The van der Waals surface area contributed by atoms with Crippen LogP contribution in [0.1, 0.15) is 38.8 Å². The van der Waals surface area contributed by atoms with Crippen LogP contribution in [-0.4, -0.2) is 18.3 Å². The molecule has 3 aromatic rings. The third kappa shape index (κ3) is 2.41. The van der Waals surface area contributed by atoms with Gasteiger partial charge in [0, 0.05) is 22.3 Å². The van der Waals surface area contributed by atoms with Crippen molar-refractivity contribution in [3.63, 3.8) is 0 Å². The fourth-order valence-electron chi connectivity index (χ4n) is 3.33. The number of hydrogen-bond acceptors (Lipinski definition) is 3. The first-order valence-corrected chi connectivity index (χ1v) is 8.57. The van der Waals surface area contributed by atoms with E-state index in [-0.39, 0.29) is 5.82 Å². The molecule has 0 bridgehead atoms. The molecule has 3 nitrogen and oxygen atoms in total. The third-order valence-electron chi connectivity index (χ3n) is 5.53. The number of benzene rings is 2. The van der Waals surface area contributed by atoms with E-state index in [9.17, 15) is 4.39 Å². The molecule has 25 heavy (non-hydrogen) atoms. The van der Waals surface area contributed by atoms with Gasteiger partial charge in [0.2, 0.25) is 0 Å². The van der Waals surface area contributed by atoms with Crippen molar-refractivity contribution in [1.82, 2.24) is 0 Å². The SMILES string of the molecule is Cc1cc(B2OC(C)(C)C(C)(C)O2)c2oc3cc(F)c(C)cc3c2c1. The van der Waals surface area contributed by atoms with E-state index >= 15 is 0 Å². The Bertz CT molecular complexity index is 987. The molecule has 0 N–H and O–H groups in total. The molecule has 1 aromatic heterocycles. The molecule has 0 unspecified atom stereocenters. The molecule has 2 aromatic carbocycles. The van der Waals surface area contributed by atoms with Crippen molar-refractivity contribution in [3.8, 4) is 0 Å². The Morgan fingerprint density at radius 1 is 0.880 bits per heavy atom. The molecule has 5 heteroatoms. The van der Waals surface area contributed by atoms with Crippen LogP contribution in [0.25, 0.3) is 21.9 Å². The number of halogens is 1. The minimum atomic E-state index is -0.515. The van der Waals surface area contributed by atoms with Gasteiger partial charge in [-0.2, -0.15) is 0 Å². The summed E-state index contributed by atoms with van der Waals surface area (Å²) in [6.07, 6.45) is 0. The lowest BCUT2D eigenvalue weighted by Crippen LogP contribution is -2.41. The van der Waals surface area contributed by atoms with Crippen LogP contribution in [0.5, 0.6) is 0 Å². The fourth-order valence-corrected chi connectivity index (χ4v) is 3.33. The van der Waals surface area contributed by atoms with Crippen molar-refractivity contribution in [2.45, 2.75) is 52.7 Å². The minimum absolute atomic E-state index is 0.263. The van der Waals surface area contributed by atoms with Crippen molar-refractivity contribution in [2.75, 3.05) is 0 Å². The molecular formula is C20H22BFO3. The second-order valence-corrected chi connectivity index (χ2v) is 8.02. The summed E-state index contributed by atoms with van der Waals surface area (Å²) in [4.78, 5) is 0. The maximum atomic E-state index is 14.0. The highest BCUT2D eigenvalue weighted by atomic mass is 19.1. The quantitative estimate of drug-likeness (QED) is 0.605. The Labute approximate surface area is 147 Å². The van der Waals surface area contributed by atoms with E-state index in [1.54, 1.807) is 6.92 Å². The van der Waals surface area contributed by atoms with Crippen LogP contribution in [0.15, 0.2) is 28.7 Å². The largest absolute Gasteiger partial charge is 0.498 e. The normalized spacial score (nSPS) is 19.2. The molecule has 130 valence electrons. The van der Waals surface area contributed by atoms with Crippen molar-refractivity contribution < 1.29 is 18.1 Å². The van der Waals surface area contributed by atoms with Crippen molar-refractivity contribution in [3.05, 3.63) is 41.2 Å². The van der Waals surface area contributed by atoms with Crippen LogP contribution >= 0.6 is 0 Å². The highest BCUT2D eigenvalue weighted by molar-refractivity contribution is 6.65. The lowest BCUT2D eigenvalue weighted by molar-refractivity contribution is 0.00578. The van der Waals surface area contributed by atoms with Gasteiger partial charge in [0.25, 0.3) is 0 Å². The summed E-state index contributed by atoms with van der Waals surface area (Å²) in [5, 5.41) is 1.87. The summed E-state index contributed by atoms with van der Waals surface area (Å²) in [6, 6.07) is 7.38. The number of aryl methyl sites for hydroxylation is 2. The third-order valence-corrected chi connectivity index (χ3v) is 5.53. The minimum Gasteiger partial charge on any atom is -0.456 e. The average molecular weight is 340 g/mol. The van der Waals surface area contributed by atoms with Gasteiger partial charge < -0.3 is 13.7 Å². The topological polar surface area (TPSA) is 31.6 Å². The van der Waals surface area contributed by atoms with Gasteiger partial charge in [-0.1, -0.05) is 11.6 Å². The molecule has 2 heterocycles. The van der Waals surface area contributed by atoms with Gasteiger partial charge in [0.05, 0.1) is 11.2 Å². The molecule has 0 atom stereocenters. The number of hydrogen-bond donors (Lipinski definition) is 0. The van der Waals surface area contributed by atoms with E-state index in [2.05, 4.69) is 6.07 Å². The zero-order valence-corrected chi connectivity index (χ0v) is 15.5. The Hall–Kier alpha value is -1.85. The van der Waals surface area contributed by atoms with Gasteiger partial charge in [-0.25, -0.2) is 4.39 Å². The van der Waals surface area contributed by atoms with Crippen LogP contribution in [-0.2, 0) is 9.31 Å². The van der Waals surface area contributed by atoms with E-state index in [1.807, 2.05) is 46.8 Å². The molecule has 0 spiro atoms. The molecule has 1 fully saturated rings. The van der Waals surface area contributed by atoms with Gasteiger partial charge in [-0.15, -0.1) is 0 Å². The van der Waals surface area contributed by atoms with Crippen molar-refractivity contribution >= 4 is 34.5 Å². The van der Waals surface area contributed by atoms with Crippen LogP contribution in [0.2, 0.25) is 0 Å². The number of fused-ring (bicyclic) bond motifs is 3. The van der Waals surface area contributed by atoms with Crippen LogP contribution in [0.3, 0.4) is 0 Å². The fraction of sp³-hybridized carbons (Fsp3) is 0.400. The summed E-state index contributed by atoms with van der Waals surface area (Å²) < 4.78 is 32.4. The molecule has 0 radical (unpaired) electrons. The first kappa shape index (κ1) is 16.6. The van der Waals surface area contributed by atoms with Crippen molar-refractivity contribution in [2.24, 2.45) is 0 Å². The van der Waals surface area contributed by atoms with E-state index in [0.29, 0.717) is 16.7 Å². The Morgan fingerprint density at radius 3 is 2.16 bits per heavy atom. The number of furan rings is 1. The molecule has 1 aliphatic heterocycles.